The third-order valence-corrected chi connectivity index (χ3v) is 8.88. The van der Waals surface area contributed by atoms with Crippen molar-refractivity contribution in [1.29, 1.82) is 5.26 Å². The Morgan fingerprint density at radius 2 is 1.11 bits per heavy atom. The van der Waals surface area contributed by atoms with Gasteiger partial charge in [0.2, 0.25) is 0 Å². The number of fused-ring (bicyclic) bond motifs is 4. The van der Waals surface area contributed by atoms with Gasteiger partial charge in [0, 0.05) is 16.5 Å². The van der Waals surface area contributed by atoms with E-state index in [2.05, 4.69) is 111 Å². The van der Waals surface area contributed by atoms with Crippen molar-refractivity contribution in [2.45, 2.75) is 13.8 Å². The summed E-state index contributed by atoms with van der Waals surface area (Å²) in [5, 5.41) is 12.6. The molecule has 8 aromatic rings. The van der Waals surface area contributed by atoms with Crippen LogP contribution in [-0.2, 0) is 0 Å². The standard InChI is InChI=1S/C42H28N2O/c1-26-9-3-4-10-32(26)40-27(2)39(42-41(44-40)37-13-7-8-14-38(37)45-42)31-21-19-30(20-22-31)34-24-23-33(35-11-5-6-12-36(34)35)29-17-15-28(25-43)16-18-29/h3-24H,1-2H3. The first kappa shape index (κ1) is 26.6. The quantitative estimate of drug-likeness (QED) is 0.209. The Labute approximate surface area is 261 Å². The van der Waals surface area contributed by atoms with E-state index in [1.165, 1.54) is 21.9 Å². The maximum atomic E-state index is 9.24. The fourth-order valence-electron chi connectivity index (χ4n) is 6.59. The Morgan fingerprint density at radius 3 is 1.76 bits per heavy atom. The van der Waals surface area contributed by atoms with E-state index in [1.807, 2.05) is 42.5 Å². The molecule has 2 aromatic heterocycles. The number of pyridine rings is 1. The van der Waals surface area contributed by atoms with Crippen LogP contribution in [0.1, 0.15) is 16.7 Å². The summed E-state index contributed by atoms with van der Waals surface area (Å²) in [5.41, 5.74) is 14.3. The minimum Gasteiger partial charge on any atom is -0.454 e. The van der Waals surface area contributed by atoms with Crippen molar-refractivity contribution < 1.29 is 4.42 Å². The molecule has 0 spiro atoms. The van der Waals surface area contributed by atoms with Gasteiger partial charge in [-0.1, -0.05) is 109 Å². The Balaban J connectivity index is 1.28. The highest BCUT2D eigenvalue weighted by Gasteiger charge is 2.21. The monoisotopic (exact) mass is 576 g/mol. The summed E-state index contributed by atoms with van der Waals surface area (Å²) >= 11 is 0. The maximum absolute atomic E-state index is 9.24. The normalized spacial score (nSPS) is 11.3. The van der Waals surface area contributed by atoms with Crippen molar-refractivity contribution in [2.75, 3.05) is 0 Å². The first-order chi connectivity index (χ1) is 22.1. The Kier molecular flexibility index (Phi) is 6.29. The molecule has 0 N–H and O–H groups in total. The molecule has 45 heavy (non-hydrogen) atoms. The molecule has 2 heterocycles. The van der Waals surface area contributed by atoms with Gasteiger partial charge in [-0.05, 0) is 87.8 Å². The summed E-state index contributed by atoms with van der Waals surface area (Å²) in [7, 11) is 0. The van der Waals surface area contributed by atoms with Crippen LogP contribution in [0.25, 0.3) is 77.5 Å². The summed E-state index contributed by atoms with van der Waals surface area (Å²) in [6.45, 7) is 4.29. The van der Waals surface area contributed by atoms with Gasteiger partial charge in [0.1, 0.15) is 11.1 Å². The molecule has 3 nitrogen and oxygen atoms in total. The predicted molar refractivity (Wildman–Crippen MR) is 185 cm³/mol. The number of aromatic nitrogens is 1. The number of hydrogen-bond acceptors (Lipinski definition) is 3. The zero-order valence-electron chi connectivity index (χ0n) is 25.0. The third kappa shape index (κ3) is 4.39. The number of para-hydroxylation sites is 1. The van der Waals surface area contributed by atoms with Gasteiger partial charge >= 0.3 is 0 Å². The van der Waals surface area contributed by atoms with Crippen molar-refractivity contribution in [1.82, 2.24) is 4.98 Å². The molecular weight excluding hydrogens is 548 g/mol. The van der Waals surface area contributed by atoms with Crippen LogP contribution in [0.3, 0.4) is 0 Å². The molecule has 0 aliphatic heterocycles. The number of nitrogens with zero attached hydrogens (tertiary/aromatic N) is 2. The van der Waals surface area contributed by atoms with E-state index in [0.29, 0.717) is 5.56 Å². The van der Waals surface area contributed by atoms with Crippen molar-refractivity contribution in [2.24, 2.45) is 0 Å². The van der Waals surface area contributed by atoms with Gasteiger partial charge in [-0.2, -0.15) is 5.26 Å². The maximum Gasteiger partial charge on any atom is 0.161 e. The fourth-order valence-corrected chi connectivity index (χ4v) is 6.59. The summed E-state index contributed by atoms with van der Waals surface area (Å²) in [6, 6.07) is 48.3. The molecule has 0 fully saturated rings. The summed E-state index contributed by atoms with van der Waals surface area (Å²) in [4.78, 5) is 5.21. The van der Waals surface area contributed by atoms with Gasteiger partial charge in [-0.3, -0.25) is 0 Å². The molecule has 0 amide bonds. The topological polar surface area (TPSA) is 49.8 Å². The molecule has 0 saturated heterocycles. The lowest BCUT2D eigenvalue weighted by Gasteiger charge is -2.15. The SMILES string of the molecule is Cc1ccccc1-c1nc2c(oc3ccccc32)c(-c2ccc(-c3ccc(-c4ccc(C#N)cc4)c4ccccc34)cc2)c1C. The fraction of sp³-hybridized carbons (Fsp3) is 0.0476. The van der Waals surface area contributed by atoms with Gasteiger partial charge in [0.15, 0.2) is 5.58 Å². The largest absolute Gasteiger partial charge is 0.454 e. The van der Waals surface area contributed by atoms with Crippen LogP contribution in [0, 0.1) is 25.2 Å². The van der Waals surface area contributed by atoms with Crippen molar-refractivity contribution >= 4 is 32.8 Å². The minimum absolute atomic E-state index is 0.662. The Bertz CT molecular complexity index is 2440. The second kappa shape index (κ2) is 10.6. The minimum atomic E-state index is 0.662. The summed E-state index contributed by atoms with van der Waals surface area (Å²) < 4.78 is 6.50. The summed E-state index contributed by atoms with van der Waals surface area (Å²) in [5.74, 6) is 0. The van der Waals surface area contributed by atoms with Crippen LogP contribution in [0.15, 0.2) is 138 Å². The van der Waals surface area contributed by atoms with E-state index in [0.717, 1.165) is 66.7 Å². The average molecular weight is 577 g/mol. The molecule has 0 radical (unpaired) electrons. The third-order valence-electron chi connectivity index (χ3n) is 8.88. The number of rotatable bonds is 4. The molecule has 0 aliphatic rings. The Hall–Kier alpha value is -5.98. The molecule has 6 aromatic carbocycles. The van der Waals surface area contributed by atoms with Crippen molar-refractivity contribution in [3.05, 3.63) is 150 Å². The van der Waals surface area contributed by atoms with Gasteiger partial charge in [-0.25, -0.2) is 4.98 Å². The van der Waals surface area contributed by atoms with E-state index in [9.17, 15) is 5.26 Å². The first-order valence-electron chi connectivity index (χ1n) is 15.1. The van der Waals surface area contributed by atoms with Crippen LogP contribution >= 0.6 is 0 Å². The number of aryl methyl sites for hydroxylation is 1. The van der Waals surface area contributed by atoms with E-state index in [1.54, 1.807) is 0 Å². The molecule has 212 valence electrons. The highest BCUT2D eigenvalue weighted by molar-refractivity contribution is 6.10. The zero-order chi connectivity index (χ0) is 30.5. The Morgan fingerprint density at radius 1 is 0.556 bits per heavy atom. The van der Waals surface area contributed by atoms with E-state index in [-0.39, 0.29) is 0 Å². The first-order valence-corrected chi connectivity index (χ1v) is 15.1. The highest BCUT2D eigenvalue weighted by atomic mass is 16.3. The molecule has 0 bridgehead atoms. The predicted octanol–water partition coefficient (Wildman–Crippen LogP) is 11.3. The van der Waals surface area contributed by atoms with E-state index < -0.39 is 0 Å². The van der Waals surface area contributed by atoms with Gasteiger partial charge < -0.3 is 4.42 Å². The lowest BCUT2D eigenvalue weighted by molar-refractivity contribution is 0.669. The van der Waals surface area contributed by atoms with Crippen LogP contribution in [0.2, 0.25) is 0 Å². The van der Waals surface area contributed by atoms with Crippen LogP contribution in [-0.4, -0.2) is 4.98 Å². The molecule has 3 heteroatoms. The zero-order valence-corrected chi connectivity index (χ0v) is 25.0. The van der Waals surface area contributed by atoms with E-state index in [4.69, 9.17) is 9.40 Å². The average Bonchev–Trinajstić information content (AvgIpc) is 3.46. The molecular formula is C42H28N2O. The lowest BCUT2D eigenvalue weighted by atomic mass is 9.90. The second-order valence-corrected chi connectivity index (χ2v) is 11.5. The molecule has 8 rings (SSSR count). The van der Waals surface area contributed by atoms with Gasteiger partial charge in [0.05, 0.1) is 17.3 Å². The number of hydrogen-bond donors (Lipinski definition) is 0. The van der Waals surface area contributed by atoms with Gasteiger partial charge in [-0.15, -0.1) is 0 Å². The van der Waals surface area contributed by atoms with Crippen LogP contribution in [0.5, 0.6) is 0 Å². The van der Waals surface area contributed by atoms with Crippen LogP contribution in [0.4, 0.5) is 0 Å². The second-order valence-electron chi connectivity index (χ2n) is 11.5. The van der Waals surface area contributed by atoms with Crippen LogP contribution < -0.4 is 0 Å². The molecule has 0 aliphatic carbocycles. The molecule has 0 atom stereocenters. The van der Waals surface area contributed by atoms with Crippen molar-refractivity contribution in [3.63, 3.8) is 0 Å². The van der Waals surface area contributed by atoms with Gasteiger partial charge in [0.25, 0.3) is 0 Å². The number of furan rings is 1. The van der Waals surface area contributed by atoms with Crippen molar-refractivity contribution in [3.8, 4) is 50.7 Å². The smallest absolute Gasteiger partial charge is 0.161 e. The highest BCUT2D eigenvalue weighted by Crippen LogP contribution is 2.42. The summed E-state index contributed by atoms with van der Waals surface area (Å²) in [6.07, 6.45) is 0. The van der Waals surface area contributed by atoms with E-state index >= 15 is 0 Å². The molecule has 0 saturated carbocycles. The number of benzene rings is 6. The molecule has 0 unspecified atom stereocenters. The number of nitriles is 1. The lowest BCUT2D eigenvalue weighted by Crippen LogP contribution is -1.96.